The van der Waals surface area contributed by atoms with E-state index in [1.807, 2.05) is 24.3 Å². The fourth-order valence-electron chi connectivity index (χ4n) is 1.20. The number of nitrogens with zero attached hydrogens (tertiary/aromatic N) is 1. The minimum Gasteiger partial charge on any atom is -0.230 e. The summed E-state index contributed by atoms with van der Waals surface area (Å²) in [7, 11) is 0. The molecule has 2 rings (SSSR count). The third-order valence-electron chi connectivity index (χ3n) is 1.88. The van der Waals surface area contributed by atoms with Crippen LogP contribution in [-0.2, 0) is 0 Å². The van der Waals surface area contributed by atoms with Crippen LogP contribution in [0, 0.1) is 0 Å². The molecule has 0 aliphatic heterocycles. The third-order valence-corrected chi connectivity index (χ3v) is 3.89. The molecule has 0 aliphatic rings. The van der Waals surface area contributed by atoms with Crippen molar-refractivity contribution in [3.8, 4) is 11.3 Å². The molecule has 1 aromatic heterocycles. The fraction of sp³-hybridized carbons (Fsp3) is 0.0833. The van der Waals surface area contributed by atoms with Crippen molar-refractivity contribution in [3.63, 3.8) is 0 Å². The summed E-state index contributed by atoms with van der Waals surface area (Å²) in [4.78, 5) is 4.55. The average molecular weight is 233 g/mol. The van der Waals surface area contributed by atoms with Gasteiger partial charge in [-0.3, -0.25) is 0 Å². The van der Waals surface area contributed by atoms with Crippen LogP contribution in [0.25, 0.3) is 11.3 Å². The molecule has 0 saturated heterocycles. The Morgan fingerprint density at radius 2 is 2.13 bits per heavy atom. The first-order chi connectivity index (χ1) is 7.40. The molecule has 3 heteroatoms. The summed E-state index contributed by atoms with van der Waals surface area (Å²) in [5, 5.41) is 2.10. The molecule has 2 aromatic rings. The molecule has 0 spiro atoms. The molecule has 15 heavy (non-hydrogen) atoms. The predicted molar refractivity (Wildman–Crippen MR) is 68.5 cm³/mol. The van der Waals surface area contributed by atoms with Crippen molar-refractivity contribution in [1.29, 1.82) is 0 Å². The number of rotatable bonds is 4. The zero-order valence-corrected chi connectivity index (χ0v) is 9.85. The van der Waals surface area contributed by atoms with Gasteiger partial charge in [-0.1, -0.05) is 48.2 Å². The lowest BCUT2D eigenvalue weighted by atomic mass is 10.2. The molecule has 76 valence electrons. The molecule has 0 N–H and O–H groups in total. The number of thioether (sulfide) groups is 1. The summed E-state index contributed by atoms with van der Waals surface area (Å²) in [5.41, 5.74) is 2.24. The second-order valence-corrected chi connectivity index (χ2v) is 5.09. The summed E-state index contributed by atoms with van der Waals surface area (Å²) >= 11 is 3.41. The Morgan fingerprint density at radius 1 is 1.33 bits per heavy atom. The SMILES string of the molecule is C=CCSc1nc(-c2ccccc2)cs1. The van der Waals surface area contributed by atoms with E-state index in [0.29, 0.717) is 0 Å². The summed E-state index contributed by atoms with van der Waals surface area (Å²) in [6.07, 6.45) is 1.90. The minimum atomic E-state index is 0.918. The Hall–Kier alpha value is -1.06. The van der Waals surface area contributed by atoms with E-state index >= 15 is 0 Å². The third kappa shape index (κ3) is 2.70. The summed E-state index contributed by atoms with van der Waals surface area (Å²) in [5.74, 6) is 0.918. The van der Waals surface area contributed by atoms with Crippen molar-refractivity contribution >= 4 is 23.1 Å². The van der Waals surface area contributed by atoms with Gasteiger partial charge < -0.3 is 0 Å². The first-order valence-corrected chi connectivity index (χ1v) is 6.51. The molecule has 0 atom stereocenters. The van der Waals surface area contributed by atoms with Crippen molar-refractivity contribution < 1.29 is 0 Å². The largest absolute Gasteiger partial charge is 0.230 e. The lowest BCUT2D eigenvalue weighted by molar-refractivity contribution is 1.25. The predicted octanol–water partition coefficient (Wildman–Crippen LogP) is 4.09. The average Bonchev–Trinajstić information content (AvgIpc) is 2.76. The number of thiazole rings is 1. The van der Waals surface area contributed by atoms with Gasteiger partial charge in [-0.2, -0.15) is 0 Å². The van der Waals surface area contributed by atoms with Crippen LogP contribution in [-0.4, -0.2) is 10.7 Å². The zero-order chi connectivity index (χ0) is 10.5. The first-order valence-electron chi connectivity index (χ1n) is 4.65. The Kier molecular flexibility index (Phi) is 3.59. The number of benzene rings is 1. The van der Waals surface area contributed by atoms with E-state index in [4.69, 9.17) is 0 Å². The van der Waals surface area contributed by atoms with Gasteiger partial charge in [0.1, 0.15) is 0 Å². The van der Waals surface area contributed by atoms with E-state index in [1.54, 1.807) is 23.1 Å². The van der Waals surface area contributed by atoms with Gasteiger partial charge in [0.15, 0.2) is 4.34 Å². The Labute approximate surface area is 97.9 Å². The Bertz CT molecular complexity index is 434. The lowest BCUT2D eigenvalue weighted by Gasteiger charge is -1.94. The number of hydrogen-bond acceptors (Lipinski definition) is 3. The maximum atomic E-state index is 4.55. The topological polar surface area (TPSA) is 12.9 Å². The van der Waals surface area contributed by atoms with Crippen LogP contribution in [0.15, 0.2) is 52.7 Å². The van der Waals surface area contributed by atoms with E-state index in [9.17, 15) is 0 Å². The zero-order valence-electron chi connectivity index (χ0n) is 8.22. The van der Waals surface area contributed by atoms with Gasteiger partial charge in [0, 0.05) is 16.7 Å². The van der Waals surface area contributed by atoms with Crippen LogP contribution in [0.1, 0.15) is 0 Å². The van der Waals surface area contributed by atoms with Crippen LogP contribution in [0.5, 0.6) is 0 Å². The molecule has 1 heterocycles. The van der Waals surface area contributed by atoms with Crippen LogP contribution >= 0.6 is 23.1 Å². The van der Waals surface area contributed by atoms with Gasteiger partial charge in [0.05, 0.1) is 5.69 Å². The van der Waals surface area contributed by atoms with Gasteiger partial charge in [0.25, 0.3) is 0 Å². The van der Waals surface area contributed by atoms with Crippen molar-refractivity contribution in [2.75, 3.05) is 5.75 Å². The van der Waals surface area contributed by atoms with Gasteiger partial charge >= 0.3 is 0 Å². The fourth-order valence-corrected chi connectivity index (χ4v) is 2.79. The highest BCUT2D eigenvalue weighted by atomic mass is 32.2. The van der Waals surface area contributed by atoms with Crippen LogP contribution in [0.3, 0.4) is 0 Å². The molecule has 0 saturated carbocycles. The number of hydrogen-bond donors (Lipinski definition) is 0. The van der Waals surface area contributed by atoms with Crippen LogP contribution in [0.2, 0.25) is 0 Å². The molecule has 0 bridgehead atoms. The van der Waals surface area contributed by atoms with Gasteiger partial charge in [-0.05, 0) is 0 Å². The van der Waals surface area contributed by atoms with Crippen LogP contribution < -0.4 is 0 Å². The van der Waals surface area contributed by atoms with E-state index in [0.717, 1.165) is 15.8 Å². The molecule has 1 nitrogen and oxygen atoms in total. The van der Waals surface area contributed by atoms with Crippen molar-refractivity contribution in [3.05, 3.63) is 48.4 Å². The molecule has 0 unspecified atom stereocenters. The molecule has 0 fully saturated rings. The summed E-state index contributed by atoms with van der Waals surface area (Å²) in [6, 6.07) is 10.2. The van der Waals surface area contributed by atoms with E-state index in [2.05, 4.69) is 29.1 Å². The minimum absolute atomic E-state index is 0.918. The van der Waals surface area contributed by atoms with Gasteiger partial charge in [0.2, 0.25) is 0 Å². The molecule has 0 radical (unpaired) electrons. The quantitative estimate of drug-likeness (QED) is 0.583. The monoisotopic (exact) mass is 233 g/mol. The first kappa shape index (κ1) is 10.5. The molecule has 0 amide bonds. The smallest absolute Gasteiger partial charge is 0.150 e. The van der Waals surface area contributed by atoms with Crippen molar-refractivity contribution in [2.24, 2.45) is 0 Å². The van der Waals surface area contributed by atoms with E-state index in [1.165, 1.54) is 5.56 Å². The second kappa shape index (κ2) is 5.14. The Balaban J connectivity index is 2.17. The van der Waals surface area contributed by atoms with Gasteiger partial charge in [-0.25, -0.2) is 4.98 Å². The highest BCUT2D eigenvalue weighted by Crippen LogP contribution is 2.27. The van der Waals surface area contributed by atoms with Gasteiger partial charge in [-0.15, -0.1) is 17.9 Å². The molecular weight excluding hydrogens is 222 g/mol. The highest BCUT2D eigenvalue weighted by Gasteiger charge is 2.03. The standard InChI is InChI=1S/C12H11NS2/c1-2-8-14-12-13-11(9-15-12)10-6-4-3-5-7-10/h2-7,9H,1,8H2. The molecule has 0 aliphatic carbocycles. The van der Waals surface area contributed by atoms with E-state index < -0.39 is 0 Å². The highest BCUT2D eigenvalue weighted by molar-refractivity contribution is 8.01. The maximum absolute atomic E-state index is 4.55. The molecular formula is C12H11NS2. The maximum Gasteiger partial charge on any atom is 0.150 e. The summed E-state index contributed by atoms with van der Waals surface area (Å²) in [6.45, 7) is 3.70. The van der Waals surface area contributed by atoms with E-state index in [-0.39, 0.29) is 0 Å². The van der Waals surface area contributed by atoms with Crippen molar-refractivity contribution in [1.82, 2.24) is 4.98 Å². The molecule has 1 aromatic carbocycles. The van der Waals surface area contributed by atoms with Crippen LogP contribution in [0.4, 0.5) is 0 Å². The number of aromatic nitrogens is 1. The lowest BCUT2D eigenvalue weighted by Crippen LogP contribution is -1.77. The Morgan fingerprint density at radius 3 is 2.87 bits per heavy atom. The van der Waals surface area contributed by atoms with Crippen molar-refractivity contribution in [2.45, 2.75) is 4.34 Å². The normalized spacial score (nSPS) is 10.1. The summed E-state index contributed by atoms with van der Waals surface area (Å²) < 4.78 is 1.11. The second-order valence-electron chi connectivity index (χ2n) is 2.96.